The maximum Gasteiger partial charge on any atom is 0.273 e. The molecule has 0 radical (unpaired) electrons. The van der Waals surface area contributed by atoms with Gasteiger partial charge < -0.3 is 15.5 Å². The third-order valence-electron chi connectivity index (χ3n) is 4.73. The summed E-state index contributed by atoms with van der Waals surface area (Å²) in [5.41, 5.74) is 1.61. The van der Waals surface area contributed by atoms with Crippen molar-refractivity contribution in [3.05, 3.63) is 40.3 Å². The Morgan fingerprint density at radius 1 is 1.25 bits per heavy atom. The lowest BCUT2D eigenvalue weighted by Gasteiger charge is -2.44. The summed E-state index contributed by atoms with van der Waals surface area (Å²) in [4.78, 5) is 31.2. The third kappa shape index (κ3) is 2.45. The van der Waals surface area contributed by atoms with E-state index in [1.165, 1.54) is 11.3 Å². The van der Waals surface area contributed by atoms with Crippen LogP contribution in [0.15, 0.2) is 29.6 Å². The summed E-state index contributed by atoms with van der Waals surface area (Å²) in [6.07, 6.45) is 1.17. The molecule has 4 rings (SSSR count). The number of hydrogen-bond acceptors (Lipinski definition) is 5. The molecule has 0 atom stereocenters. The highest BCUT2D eigenvalue weighted by atomic mass is 32.1. The van der Waals surface area contributed by atoms with E-state index < -0.39 is 5.54 Å². The lowest BCUT2D eigenvalue weighted by atomic mass is 9.84. The van der Waals surface area contributed by atoms with Gasteiger partial charge in [-0.3, -0.25) is 9.59 Å². The first-order chi connectivity index (χ1) is 11.6. The van der Waals surface area contributed by atoms with Crippen LogP contribution in [0.5, 0.6) is 0 Å². The molecule has 0 bridgehead atoms. The van der Waals surface area contributed by atoms with Crippen molar-refractivity contribution >= 4 is 34.5 Å². The number of likely N-dealkylation sites (tertiary alicyclic amines) is 1. The van der Waals surface area contributed by atoms with Gasteiger partial charge in [0.05, 0.1) is 16.4 Å². The minimum absolute atomic E-state index is 0.0159. The van der Waals surface area contributed by atoms with Crippen molar-refractivity contribution in [2.24, 2.45) is 0 Å². The Balaban J connectivity index is 1.50. The predicted octanol–water partition coefficient (Wildman–Crippen LogP) is 2.49. The van der Waals surface area contributed by atoms with Gasteiger partial charge in [0.25, 0.3) is 5.91 Å². The number of carbonyl (C=O) groups is 2. The van der Waals surface area contributed by atoms with Crippen molar-refractivity contribution in [2.45, 2.75) is 25.3 Å². The van der Waals surface area contributed by atoms with Crippen LogP contribution in [-0.4, -0.2) is 40.3 Å². The first-order valence-corrected chi connectivity index (χ1v) is 8.85. The maximum absolute atomic E-state index is 12.6. The van der Waals surface area contributed by atoms with E-state index in [4.69, 9.17) is 0 Å². The van der Waals surface area contributed by atoms with Crippen molar-refractivity contribution < 1.29 is 9.59 Å². The molecule has 0 unspecified atom stereocenters. The molecule has 124 valence electrons. The van der Waals surface area contributed by atoms with Crippen molar-refractivity contribution in [2.75, 3.05) is 23.7 Å². The fourth-order valence-corrected chi connectivity index (χ4v) is 3.91. The number of benzene rings is 1. The standard InChI is InChI=1S/C17H18N4O2S/c1-11-18-14(10-24-11)15(22)21-8-6-17(7-9-21)16(23)19-12-4-2-3-5-13(12)20-17/h2-5,10,20H,6-9H2,1H3,(H,19,23). The molecule has 24 heavy (non-hydrogen) atoms. The molecular formula is C17H18N4O2S. The van der Waals surface area contributed by atoms with Gasteiger partial charge in [0.2, 0.25) is 5.91 Å². The molecule has 1 aromatic carbocycles. The van der Waals surface area contributed by atoms with Gasteiger partial charge in [-0.15, -0.1) is 11.3 Å². The number of thiazole rings is 1. The molecule has 1 aromatic heterocycles. The quantitative estimate of drug-likeness (QED) is 0.835. The zero-order chi connectivity index (χ0) is 16.7. The summed E-state index contributed by atoms with van der Waals surface area (Å²) in [6, 6.07) is 7.69. The van der Waals surface area contributed by atoms with E-state index in [2.05, 4.69) is 15.6 Å². The van der Waals surface area contributed by atoms with Crippen LogP contribution in [0.2, 0.25) is 0 Å². The van der Waals surface area contributed by atoms with E-state index in [1.54, 1.807) is 10.3 Å². The van der Waals surface area contributed by atoms with Gasteiger partial charge in [-0.1, -0.05) is 12.1 Å². The fraction of sp³-hybridized carbons (Fsp3) is 0.353. The lowest BCUT2D eigenvalue weighted by Crippen LogP contribution is -2.59. The summed E-state index contributed by atoms with van der Waals surface area (Å²) in [6.45, 7) is 2.97. The van der Waals surface area contributed by atoms with E-state index in [9.17, 15) is 9.59 Å². The second-order valence-corrected chi connectivity index (χ2v) is 7.31. The average molecular weight is 342 g/mol. The normalized spacial score (nSPS) is 18.7. The van der Waals surface area contributed by atoms with Crippen molar-refractivity contribution in [1.82, 2.24) is 9.88 Å². The molecule has 0 saturated carbocycles. The van der Waals surface area contributed by atoms with Gasteiger partial charge in [0.15, 0.2) is 0 Å². The molecule has 7 heteroatoms. The van der Waals surface area contributed by atoms with E-state index >= 15 is 0 Å². The minimum atomic E-state index is -0.636. The zero-order valence-corrected chi connectivity index (χ0v) is 14.2. The highest BCUT2D eigenvalue weighted by Gasteiger charge is 2.45. The Hall–Kier alpha value is -2.41. The van der Waals surface area contributed by atoms with E-state index in [0.717, 1.165) is 16.4 Å². The molecular weight excluding hydrogens is 324 g/mol. The second kappa shape index (κ2) is 5.59. The number of aromatic nitrogens is 1. The topological polar surface area (TPSA) is 74.3 Å². The van der Waals surface area contributed by atoms with Crippen LogP contribution >= 0.6 is 11.3 Å². The first-order valence-electron chi connectivity index (χ1n) is 7.97. The number of rotatable bonds is 1. The van der Waals surface area contributed by atoms with Gasteiger partial charge in [-0.05, 0) is 31.9 Å². The van der Waals surface area contributed by atoms with Crippen LogP contribution in [0.4, 0.5) is 11.4 Å². The largest absolute Gasteiger partial charge is 0.369 e. The molecule has 0 aliphatic carbocycles. The van der Waals surface area contributed by atoms with Crippen LogP contribution in [0.3, 0.4) is 0 Å². The van der Waals surface area contributed by atoms with Gasteiger partial charge >= 0.3 is 0 Å². The number of amides is 2. The Morgan fingerprint density at radius 3 is 2.62 bits per heavy atom. The molecule has 1 spiro atoms. The first kappa shape index (κ1) is 15.1. The Bertz CT molecular complexity index is 808. The number of nitrogens with zero attached hydrogens (tertiary/aromatic N) is 2. The van der Waals surface area contributed by atoms with Gasteiger partial charge in [-0.2, -0.15) is 0 Å². The van der Waals surface area contributed by atoms with Crippen LogP contribution < -0.4 is 10.6 Å². The molecule has 2 aliphatic rings. The SMILES string of the molecule is Cc1nc(C(=O)N2CCC3(CC2)Nc2ccccc2NC3=O)cs1. The van der Waals surface area contributed by atoms with Crippen LogP contribution in [0.25, 0.3) is 0 Å². The molecule has 1 saturated heterocycles. The molecule has 6 nitrogen and oxygen atoms in total. The highest BCUT2D eigenvalue weighted by Crippen LogP contribution is 2.36. The average Bonchev–Trinajstić information content (AvgIpc) is 3.02. The maximum atomic E-state index is 12.6. The number of piperidine rings is 1. The molecule has 3 heterocycles. The summed E-state index contributed by atoms with van der Waals surface area (Å²) >= 11 is 1.48. The number of para-hydroxylation sites is 2. The lowest BCUT2D eigenvalue weighted by molar-refractivity contribution is -0.122. The van der Waals surface area contributed by atoms with E-state index in [-0.39, 0.29) is 11.8 Å². The number of fused-ring (bicyclic) bond motifs is 1. The van der Waals surface area contributed by atoms with Gasteiger partial charge in [0.1, 0.15) is 11.2 Å². The van der Waals surface area contributed by atoms with Gasteiger partial charge in [0, 0.05) is 18.5 Å². The summed E-state index contributed by atoms with van der Waals surface area (Å²) < 4.78 is 0. The molecule has 2 aromatic rings. The number of anilines is 2. The van der Waals surface area contributed by atoms with Crippen molar-refractivity contribution in [3.63, 3.8) is 0 Å². The number of nitrogens with one attached hydrogen (secondary N) is 2. The number of hydrogen-bond donors (Lipinski definition) is 2. The molecule has 2 amide bonds. The zero-order valence-electron chi connectivity index (χ0n) is 13.3. The predicted molar refractivity (Wildman–Crippen MR) is 93.4 cm³/mol. The van der Waals surface area contributed by atoms with E-state index in [1.807, 2.05) is 31.2 Å². The summed E-state index contributed by atoms with van der Waals surface area (Å²) in [5, 5.41) is 9.07. The smallest absolute Gasteiger partial charge is 0.273 e. The Kier molecular flexibility index (Phi) is 3.53. The summed E-state index contributed by atoms with van der Waals surface area (Å²) in [5.74, 6) is -0.0661. The minimum Gasteiger partial charge on any atom is -0.369 e. The second-order valence-electron chi connectivity index (χ2n) is 6.25. The van der Waals surface area contributed by atoms with Crippen LogP contribution in [0, 0.1) is 6.92 Å². The Labute approximate surface area is 143 Å². The number of aryl methyl sites for hydroxylation is 1. The fourth-order valence-electron chi connectivity index (χ4n) is 3.32. The summed E-state index contributed by atoms with van der Waals surface area (Å²) in [7, 11) is 0. The van der Waals surface area contributed by atoms with Crippen molar-refractivity contribution in [1.29, 1.82) is 0 Å². The third-order valence-corrected chi connectivity index (χ3v) is 5.50. The van der Waals surface area contributed by atoms with Crippen LogP contribution in [0.1, 0.15) is 28.3 Å². The van der Waals surface area contributed by atoms with Gasteiger partial charge in [-0.25, -0.2) is 4.98 Å². The molecule has 2 aliphatic heterocycles. The number of carbonyl (C=O) groups excluding carboxylic acids is 2. The van der Waals surface area contributed by atoms with E-state index in [0.29, 0.717) is 31.6 Å². The monoisotopic (exact) mass is 342 g/mol. The Morgan fingerprint density at radius 2 is 1.96 bits per heavy atom. The van der Waals surface area contributed by atoms with Crippen molar-refractivity contribution in [3.8, 4) is 0 Å². The molecule has 1 fully saturated rings. The highest BCUT2D eigenvalue weighted by molar-refractivity contribution is 7.09. The molecule has 2 N–H and O–H groups in total. The van der Waals surface area contributed by atoms with Crippen LogP contribution in [-0.2, 0) is 4.79 Å².